The molecule has 21 heavy (non-hydrogen) atoms. The van der Waals surface area contributed by atoms with Gasteiger partial charge in [0.25, 0.3) is 0 Å². The molecule has 1 N–H and O–H groups in total. The van der Waals surface area contributed by atoms with E-state index in [1.165, 1.54) is 12.1 Å². The van der Waals surface area contributed by atoms with Gasteiger partial charge in [0.2, 0.25) is 0 Å². The van der Waals surface area contributed by atoms with Crippen LogP contribution in [0.3, 0.4) is 0 Å². The molecule has 0 fully saturated rings. The topological polar surface area (TPSA) is 102 Å². The average molecular weight is 346 g/mol. The van der Waals surface area contributed by atoms with E-state index in [1.807, 2.05) is 0 Å². The van der Waals surface area contributed by atoms with E-state index in [0.29, 0.717) is 27.7 Å². The summed E-state index contributed by atoms with van der Waals surface area (Å²) in [5, 5.41) is 24.0. The number of hydrogen-bond acceptors (Lipinski definition) is 7. The number of fused-ring (bicyclic) bond motifs is 1. The number of aromatic hydroxyl groups is 1. The maximum absolute atomic E-state index is 10.9. The molecule has 0 heterocycles. The molecule has 0 aromatic heterocycles. The summed E-state index contributed by atoms with van der Waals surface area (Å²) in [6.45, 7) is 1.75. The van der Waals surface area contributed by atoms with Crippen LogP contribution >= 0.6 is 12.0 Å². The van der Waals surface area contributed by atoms with Gasteiger partial charge in [-0.2, -0.15) is 4.33 Å². The summed E-state index contributed by atoms with van der Waals surface area (Å²) in [6, 6.07) is 5.87. The Labute approximate surface area is 172 Å². The van der Waals surface area contributed by atoms with Crippen molar-refractivity contribution in [3.05, 3.63) is 29.8 Å². The fourth-order valence-electron chi connectivity index (χ4n) is 1.84. The monoisotopic (exact) mass is 346 g/mol. The SMILES string of the molecule is Cc1cc(SOO[O-])cc2cc(S(=O)[O-])cc(O)c12.[Na+].[Na+]. The Morgan fingerprint density at radius 3 is 2.48 bits per heavy atom. The predicted octanol–water partition coefficient (Wildman–Crippen LogP) is -4.67. The Balaban J connectivity index is 0.00000200. The first-order valence-corrected chi connectivity index (χ1v) is 6.84. The van der Waals surface area contributed by atoms with Gasteiger partial charge in [-0.15, -0.1) is 0 Å². The summed E-state index contributed by atoms with van der Waals surface area (Å²) in [5.41, 5.74) is 0.718. The van der Waals surface area contributed by atoms with Crippen molar-refractivity contribution < 1.29 is 87.6 Å². The molecule has 102 valence electrons. The minimum absolute atomic E-state index is 0. The molecule has 10 heteroatoms. The van der Waals surface area contributed by atoms with Crippen LogP contribution < -0.4 is 64.4 Å². The minimum atomic E-state index is -2.44. The zero-order chi connectivity index (χ0) is 14.0. The first-order valence-electron chi connectivity index (χ1n) is 5.02. The molecular weight excluding hydrogens is 338 g/mol. The van der Waals surface area contributed by atoms with Crippen LogP contribution in [-0.4, -0.2) is 13.9 Å². The molecule has 0 aliphatic carbocycles. The second kappa shape index (κ2) is 9.86. The van der Waals surface area contributed by atoms with Crippen molar-refractivity contribution in [3.8, 4) is 5.75 Å². The second-order valence-corrected chi connectivity index (χ2v) is 5.45. The summed E-state index contributed by atoms with van der Waals surface area (Å²) < 4.78 is 26.1. The van der Waals surface area contributed by atoms with Gasteiger partial charge in [-0.1, -0.05) is 0 Å². The third-order valence-corrected chi connectivity index (χ3v) is 3.70. The minimum Gasteiger partial charge on any atom is -0.768 e. The van der Waals surface area contributed by atoms with E-state index in [0.717, 1.165) is 5.56 Å². The number of hydrogen-bond donors (Lipinski definition) is 1. The van der Waals surface area contributed by atoms with Gasteiger partial charge in [0, 0.05) is 15.2 Å². The summed E-state index contributed by atoms with van der Waals surface area (Å²) in [5.74, 6) is -0.119. The van der Waals surface area contributed by atoms with Gasteiger partial charge in [-0.05, 0) is 53.2 Å². The van der Waals surface area contributed by atoms with Gasteiger partial charge in [0.15, 0.2) is 0 Å². The van der Waals surface area contributed by atoms with Gasteiger partial charge in [0.05, 0.1) is 12.0 Å². The molecule has 2 aromatic rings. The van der Waals surface area contributed by atoms with E-state index in [9.17, 15) is 19.1 Å². The van der Waals surface area contributed by atoms with E-state index in [-0.39, 0.29) is 69.8 Å². The van der Waals surface area contributed by atoms with Crippen LogP contribution in [0.2, 0.25) is 0 Å². The van der Waals surface area contributed by atoms with Crippen molar-refractivity contribution in [2.75, 3.05) is 0 Å². The van der Waals surface area contributed by atoms with E-state index in [4.69, 9.17) is 0 Å². The Morgan fingerprint density at radius 1 is 1.24 bits per heavy atom. The van der Waals surface area contributed by atoms with Gasteiger partial charge < -0.3 is 14.9 Å². The summed E-state index contributed by atoms with van der Waals surface area (Å²) in [6.07, 6.45) is 0. The number of rotatable bonds is 4. The van der Waals surface area contributed by atoms with Crippen molar-refractivity contribution in [2.24, 2.45) is 0 Å². The summed E-state index contributed by atoms with van der Waals surface area (Å²) >= 11 is -1.74. The van der Waals surface area contributed by atoms with Crippen LogP contribution in [0.15, 0.2) is 34.1 Å². The van der Waals surface area contributed by atoms with Gasteiger partial charge in [0.1, 0.15) is 5.75 Å². The van der Waals surface area contributed by atoms with Crippen LogP contribution in [0.5, 0.6) is 5.75 Å². The van der Waals surface area contributed by atoms with Gasteiger partial charge in [-0.3, -0.25) is 9.25 Å². The molecule has 0 bridgehead atoms. The molecule has 2 rings (SSSR count). The molecular formula is C11H8Na2O6S2. The third-order valence-electron chi connectivity index (χ3n) is 2.52. The smallest absolute Gasteiger partial charge is 0.768 e. The van der Waals surface area contributed by atoms with Crippen LogP contribution in [0.4, 0.5) is 0 Å². The Morgan fingerprint density at radius 2 is 1.90 bits per heavy atom. The van der Waals surface area contributed by atoms with E-state index in [2.05, 4.69) is 9.37 Å². The first kappa shape index (κ1) is 21.8. The molecule has 0 radical (unpaired) electrons. The molecule has 0 amide bonds. The average Bonchev–Trinajstić information content (AvgIpc) is 2.35. The molecule has 0 spiro atoms. The Hall–Kier alpha value is 0.840. The number of phenols is 1. The van der Waals surface area contributed by atoms with Crippen molar-refractivity contribution in [1.82, 2.24) is 0 Å². The van der Waals surface area contributed by atoms with Crippen molar-refractivity contribution >= 4 is 33.9 Å². The Kier molecular flexibility index (Phi) is 10.3. The largest absolute Gasteiger partial charge is 1.00 e. The van der Waals surface area contributed by atoms with Crippen LogP contribution in [0.25, 0.3) is 10.8 Å². The normalized spacial score (nSPS) is 11.6. The molecule has 0 saturated heterocycles. The third kappa shape index (κ3) is 5.45. The van der Waals surface area contributed by atoms with Gasteiger partial charge in [-0.25, -0.2) is 0 Å². The van der Waals surface area contributed by atoms with Crippen molar-refractivity contribution in [2.45, 2.75) is 16.7 Å². The number of benzene rings is 2. The molecule has 0 aliphatic heterocycles. The van der Waals surface area contributed by atoms with Gasteiger partial charge >= 0.3 is 59.1 Å². The van der Waals surface area contributed by atoms with Crippen LogP contribution in [-0.2, 0) is 20.5 Å². The maximum Gasteiger partial charge on any atom is 1.00 e. The molecule has 1 unspecified atom stereocenters. The zero-order valence-electron chi connectivity index (χ0n) is 11.6. The van der Waals surface area contributed by atoms with E-state index < -0.39 is 11.1 Å². The number of aryl methyl sites for hydroxylation is 1. The predicted molar refractivity (Wildman–Crippen MR) is 65.6 cm³/mol. The van der Waals surface area contributed by atoms with Crippen LogP contribution in [0.1, 0.15) is 5.56 Å². The zero-order valence-corrected chi connectivity index (χ0v) is 17.2. The van der Waals surface area contributed by atoms with Crippen molar-refractivity contribution in [1.29, 1.82) is 0 Å². The maximum atomic E-state index is 10.9. The Bertz CT molecular complexity index is 652. The van der Waals surface area contributed by atoms with Crippen molar-refractivity contribution in [3.63, 3.8) is 0 Å². The molecule has 0 aliphatic rings. The first-order chi connectivity index (χ1) is 9.02. The van der Waals surface area contributed by atoms with E-state index in [1.54, 1.807) is 19.1 Å². The van der Waals surface area contributed by atoms with E-state index >= 15 is 0 Å². The summed E-state index contributed by atoms with van der Waals surface area (Å²) in [7, 11) is 0. The fourth-order valence-corrected chi connectivity index (χ4v) is 2.78. The second-order valence-electron chi connectivity index (χ2n) is 3.73. The molecule has 2 aromatic carbocycles. The van der Waals surface area contributed by atoms with Crippen LogP contribution in [0, 0.1) is 6.92 Å². The molecule has 1 atom stereocenters. The standard InChI is InChI=1S/C11H10O6S2.2Na/c1-6-2-8(18-17-16-13)3-7-4-9(19(14)15)5-10(12)11(6)7;;/h2-5,12-13H,1H3,(H,14,15);;/q;2*+1/p-2. The summed E-state index contributed by atoms with van der Waals surface area (Å²) in [4.78, 5) is 0.529. The molecule has 0 saturated carbocycles. The number of phenolic OH excluding ortho intramolecular Hbond substituents is 1. The molecule has 6 nitrogen and oxygen atoms in total. The fraction of sp³-hybridized carbons (Fsp3) is 0.0909. The quantitative estimate of drug-likeness (QED) is 0.195.